The fraction of sp³-hybridized carbons (Fsp3) is 0.444. The van der Waals surface area contributed by atoms with E-state index in [-0.39, 0.29) is 36.9 Å². The van der Waals surface area contributed by atoms with E-state index < -0.39 is 34.9 Å². The summed E-state index contributed by atoms with van der Waals surface area (Å²) >= 11 is 5.82. The summed E-state index contributed by atoms with van der Waals surface area (Å²) in [7, 11) is 1.29. The first-order valence-corrected chi connectivity index (χ1v) is 9.55. The number of hydrogen-bond acceptors (Lipinski definition) is 6. The quantitative estimate of drug-likeness (QED) is 0.542. The van der Waals surface area contributed by atoms with Crippen molar-refractivity contribution in [2.45, 2.75) is 18.2 Å². The van der Waals surface area contributed by atoms with Gasteiger partial charge in [-0.3, -0.25) is 14.9 Å². The van der Waals surface area contributed by atoms with Gasteiger partial charge in [0, 0.05) is 56.7 Å². The molecule has 0 bridgehead atoms. The molecule has 1 amide bonds. The molecular weight excluding hydrogens is 443 g/mol. The zero-order valence-corrected chi connectivity index (χ0v) is 17.1. The number of imidazole rings is 1. The molecular formula is C18H19ClF3N5O4. The number of amides is 1. The van der Waals surface area contributed by atoms with Crippen LogP contribution in [0.3, 0.4) is 0 Å². The Kier molecular flexibility index (Phi) is 6.14. The molecule has 1 N–H and O–H groups in total. The van der Waals surface area contributed by atoms with Crippen molar-refractivity contribution < 1.29 is 28.0 Å². The first-order valence-electron chi connectivity index (χ1n) is 9.17. The maximum Gasteiger partial charge on any atom is 0.425 e. The lowest BCUT2D eigenvalue weighted by molar-refractivity contribution is -0.384. The predicted molar refractivity (Wildman–Crippen MR) is 105 cm³/mol. The predicted octanol–water partition coefficient (Wildman–Crippen LogP) is 2.47. The molecule has 0 saturated carbocycles. The number of rotatable bonds is 5. The summed E-state index contributed by atoms with van der Waals surface area (Å²) in [6.07, 6.45) is -3.99. The van der Waals surface area contributed by atoms with Crippen molar-refractivity contribution in [1.82, 2.24) is 14.5 Å². The van der Waals surface area contributed by atoms with Gasteiger partial charge < -0.3 is 19.5 Å². The molecule has 3 rings (SSSR count). The molecule has 2 heterocycles. The first-order chi connectivity index (χ1) is 14.4. The summed E-state index contributed by atoms with van der Waals surface area (Å²) in [4.78, 5) is 29.8. The number of nitro benzene ring substituents is 1. The number of alkyl halides is 3. The average molecular weight is 462 g/mol. The molecule has 1 fully saturated rings. The average Bonchev–Trinajstić information content (AvgIpc) is 3.13. The van der Waals surface area contributed by atoms with Gasteiger partial charge in [-0.1, -0.05) is 11.6 Å². The maximum atomic E-state index is 13.7. The van der Waals surface area contributed by atoms with Crippen LogP contribution in [-0.2, 0) is 17.4 Å². The standard InChI is InChI=1S/C18H19ClF3N5O4/c1-24-5-4-23-16(24)17(29,18(20,21)22)11-15(28)26-8-6-25(7-9-26)13-3-2-12(19)10-14(13)27(30)31/h2-5,10,29H,6-9,11H2,1H3. The molecule has 31 heavy (non-hydrogen) atoms. The fourth-order valence-electron chi connectivity index (χ4n) is 3.51. The number of carbonyl (C=O) groups excluding carboxylic acids is 1. The molecule has 1 saturated heterocycles. The second-order valence-electron chi connectivity index (χ2n) is 7.15. The highest BCUT2D eigenvalue weighted by Gasteiger charge is 2.59. The third-order valence-electron chi connectivity index (χ3n) is 5.17. The molecule has 13 heteroatoms. The lowest BCUT2D eigenvalue weighted by Gasteiger charge is -2.37. The van der Waals surface area contributed by atoms with Gasteiger partial charge >= 0.3 is 6.18 Å². The Morgan fingerprint density at radius 3 is 2.45 bits per heavy atom. The minimum Gasteiger partial charge on any atom is -0.374 e. The van der Waals surface area contributed by atoms with Crippen LogP contribution in [0.2, 0.25) is 5.02 Å². The van der Waals surface area contributed by atoms with Crippen LogP contribution in [0.4, 0.5) is 24.5 Å². The first kappa shape index (κ1) is 22.8. The Labute approximate surface area is 179 Å². The molecule has 0 spiro atoms. The van der Waals surface area contributed by atoms with E-state index in [1.54, 1.807) is 4.90 Å². The molecule has 2 aromatic rings. The number of anilines is 1. The Bertz CT molecular complexity index is 991. The van der Waals surface area contributed by atoms with Crippen molar-refractivity contribution >= 4 is 28.9 Å². The number of piperazine rings is 1. The molecule has 1 aliphatic heterocycles. The molecule has 1 atom stereocenters. The normalized spacial score (nSPS) is 16.8. The highest BCUT2D eigenvalue weighted by Crippen LogP contribution is 2.41. The summed E-state index contributed by atoms with van der Waals surface area (Å²) in [6, 6.07) is 4.20. The second kappa shape index (κ2) is 8.35. The van der Waals surface area contributed by atoms with Crippen LogP contribution in [0.5, 0.6) is 0 Å². The molecule has 9 nitrogen and oxygen atoms in total. The summed E-state index contributed by atoms with van der Waals surface area (Å²) in [5, 5.41) is 21.9. The Morgan fingerprint density at radius 2 is 1.94 bits per heavy atom. The van der Waals surface area contributed by atoms with Crippen LogP contribution >= 0.6 is 11.6 Å². The smallest absolute Gasteiger partial charge is 0.374 e. The van der Waals surface area contributed by atoms with Crippen LogP contribution in [0.25, 0.3) is 0 Å². The van der Waals surface area contributed by atoms with Gasteiger partial charge in [-0.25, -0.2) is 4.98 Å². The Balaban J connectivity index is 1.73. The largest absolute Gasteiger partial charge is 0.425 e. The van der Waals surface area contributed by atoms with Crippen molar-refractivity contribution in [2.75, 3.05) is 31.1 Å². The van der Waals surface area contributed by atoms with Crippen molar-refractivity contribution in [2.24, 2.45) is 7.05 Å². The Morgan fingerprint density at radius 1 is 1.29 bits per heavy atom. The molecule has 1 aromatic carbocycles. The maximum absolute atomic E-state index is 13.7. The highest BCUT2D eigenvalue weighted by atomic mass is 35.5. The van der Waals surface area contributed by atoms with Crippen LogP contribution in [0, 0.1) is 10.1 Å². The number of carbonyl (C=O) groups is 1. The van der Waals surface area contributed by atoms with E-state index in [0.717, 1.165) is 10.8 Å². The van der Waals surface area contributed by atoms with Crippen LogP contribution in [-0.4, -0.2) is 62.7 Å². The SMILES string of the molecule is Cn1ccnc1C(O)(CC(=O)N1CCN(c2ccc(Cl)cc2[N+](=O)[O-])CC1)C(F)(F)F. The van der Waals surface area contributed by atoms with Gasteiger partial charge in [0.15, 0.2) is 5.82 Å². The van der Waals surface area contributed by atoms with E-state index in [1.807, 2.05) is 0 Å². The molecule has 1 aliphatic rings. The van der Waals surface area contributed by atoms with E-state index in [4.69, 9.17) is 11.6 Å². The summed E-state index contributed by atoms with van der Waals surface area (Å²) in [5.74, 6) is -1.57. The van der Waals surface area contributed by atoms with Gasteiger partial charge in [0.05, 0.1) is 11.3 Å². The second-order valence-corrected chi connectivity index (χ2v) is 7.59. The van der Waals surface area contributed by atoms with Gasteiger partial charge in [-0.2, -0.15) is 13.2 Å². The lowest BCUT2D eigenvalue weighted by Crippen LogP contribution is -2.53. The molecule has 0 aliphatic carbocycles. The number of aromatic nitrogens is 2. The van der Waals surface area contributed by atoms with Gasteiger partial charge in [0.1, 0.15) is 5.69 Å². The van der Waals surface area contributed by atoms with Crippen LogP contribution in [0.15, 0.2) is 30.6 Å². The molecule has 1 aromatic heterocycles. The number of nitro groups is 1. The molecule has 0 radical (unpaired) electrons. The fourth-order valence-corrected chi connectivity index (χ4v) is 3.67. The van der Waals surface area contributed by atoms with Crippen LogP contribution < -0.4 is 4.90 Å². The zero-order chi connectivity index (χ0) is 23.0. The van der Waals surface area contributed by atoms with Gasteiger partial charge in [0.2, 0.25) is 11.5 Å². The minimum atomic E-state index is -5.12. The number of halogens is 4. The summed E-state index contributed by atoms with van der Waals surface area (Å²) in [6.45, 7) is 0.405. The van der Waals surface area contributed by atoms with Crippen molar-refractivity contribution in [3.63, 3.8) is 0 Å². The van der Waals surface area contributed by atoms with E-state index >= 15 is 0 Å². The van der Waals surface area contributed by atoms with E-state index in [9.17, 15) is 33.2 Å². The van der Waals surface area contributed by atoms with Gasteiger partial charge in [-0.15, -0.1) is 0 Å². The number of nitrogens with zero attached hydrogens (tertiary/aromatic N) is 5. The topological polar surface area (TPSA) is 105 Å². The number of benzene rings is 1. The molecule has 168 valence electrons. The third-order valence-corrected chi connectivity index (χ3v) is 5.41. The van der Waals surface area contributed by atoms with Crippen molar-refractivity contribution in [1.29, 1.82) is 0 Å². The van der Waals surface area contributed by atoms with Crippen LogP contribution in [0.1, 0.15) is 12.2 Å². The van der Waals surface area contributed by atoms with Crippen molar-refractivity contribution in [3.8, 4) is 0 Å². The van der Waals surface area contributed by atoms with E-state index in [1.165, 1.54) is 36.3 Å². The summed E-state index contributed by atoms with van der Waals surface area (Å²) in [5.41, 5.74) is -3.33. The van der Waals surface area contributed by atoms with Gasteiger partial charge in [-0.05, 0) is 12.1 Å². The number of aryl methyl sites for hydroxylation is 1. The third kappa shape index (κ3) is 4.44. The summed E-state index contributed by atoms with van der Waals surface area (Å²) < 4.78 is 42.0. The minimum absolute atomic E-state index is 0.0348. The number of aliphatic hydroxyl groups is 1. The lowest BCUT2D eigenvalue weighted by atomic mass is 9.96. The van der Waals surface area contributed by atoms with Gasteiger partial charge in [0.25, 0.3) is 5.69 Å². The monoisotopic (exact) mass is 461 g/mol. The van der Waals surface area contributed by atoms with E-state index in [0.29, 0.717) is 5.69 Å². The van der Waals surface area contributed by atoms with E-state index in [2.05, 4.69) is 4.98 Å². The number of hydrogen-bond donors (Lipinski definition) is 1. The molecule has 1 unspecified atom stereocenters. The zero-order valence-electron chi connectivity index (χ0n) is 16.3. The van der Waals surface area contributed by atoms with Crippen molar-refractivity contribution in [3.05, 3.63) is 51.6 Å². The highest BCUT2D eigenvalue weighted by molar-refractivity contribution is 6.30. The Hall–Kier alpha value is -2.86.